The highest BCUT2D eigenvalue weighted by Gasteiger charge is 2.21. The van der Waals surface area contributed by atoms with E-state index in [2.05, 4.69) is 41.1 Å². The third-order valence-electron chi connectivity index (χ3n) is 5.99. The molecule has 0 aliphatic carbocycles. The summed E-state index contributed by atoms with van der Waals surface area (Å²) in [6, 6.07) is 20.4. The Bertz CT molecular complexity index is 1010. The third-order valence-corrected chi connectivity index (χ3v) is 6.96. The van der Waals surface area contributed by atoms with E-state index in [1.165, 1.54) is 17.3 Å². The minimum atomic E-state index is -0.0678. The van der Waals surface area contributed by atoms with Gasteiger partial charge < -0.3 is 14.6 Å². The van der Waals surface area contributed by atoms with E-state index in [0.717, 1.165) is 54.5 Å². The fourth-order valence-corrected chi connectivity index (χ4v) is 5.01. The first kappa shape index (κ1) is 22.6. The van der Waals surface area contributed by atoms with Crippen LogP contribution >= 0.6 is 11.8 Å². The maximum Gasteiger partial charge on any atom is 0.230 e. The second-order valence-corrected chi connectivity index (χ2v) is 9.26. The van der Waals surface area contributed by atoms with Crippen LogP contribution in [0.4, 0.5) is 0 Å². The van der Waals surface area contributed by atoms with Crippen LogP contribution in [0.3, 0.4) is 0 Å². The second-order valence-electron chi connectivity index (χ2n) is 8.32. The molecule has 0 spiro atoms. The number of nitrogens with zero attached hydrogens (tertiary/aromatic N) is 2. The van der Waals surface area contributed by atoms with Gasteiger partial charge in [0.25, 0.3) is 0 Å². The number of aryl methyl sites for hydroxylation is 1. The molecule has 6 heteroatoms. The number of imidazole rings is 1. The Morgan fingerprint density at radius 2 is 1.88 bits per heavy atom. The van der Waals surface area contributed by atoms with E-state index in [4.69, 9.17) is 9.72 Å². The standard InChI is InChI=1S/C26H31N3O2S/c1-19-20(2)29(17-23-14-9-15-31-23)26(27-19)32-18-25(30)28-24(22-12-7-4-8-13-22)16-21-10-5-3-6-11-21/h3-8,10-13,23-24H,9,14-18H2,1-2H3,(H,28,30)/t23-,24-/m1/s1. The van der Waals surface area contributed by atoms with Gasteiger partial charge in [-0.05, 0) is 44.2 Å². The SMILES string of the molecule is Cc1nc(SCC(=O)N[C@H](Cc2ccccc2)c2ccccc2)n(C[C@H]2CCCO2)c1C. The molecule has 1 N–H and O–H groups in total. The molecule has 5 nitrogen and oxygen atoms in total. The van der Waals surface area contributed by atoms with Gasteiger partial charge in [0, 0.05) is 12.3 Å². The van der Waals surface area contributed by atoms with E-state index >= 15 is 0 Å². The molecule has 0 unspecified atom stereocenters. The summed E-state index contributed by atoms with van der Waals surface area (Å²) in [7, 11) is 0. The zero-order valence-corrected chi connectivity index (χ0v) is 19.6. The quantitative estimate of drug-likeness (QED) is 0.474. The smallest absolute Gasteiger partial charge is 0.230 e. The van der Waals surface area contributed by atoms with Gasteiger partial charge in [0.05, 0.1) is 30.1 Å². The van der Waals surface area contributed by atoms with Gasteiger partial charge in [-0.15, -0.1) is 0 Å². The number of hydrogen-bond donors (Lipinski definition) is 1. The first-order chi connectivity index (χ1) is 15.6. The van der Waals surface area contributed by atoms with Crippen LogP contribution in [-0.2, 0) is 22.5 Å². The fraction of sp³-hybridized carbons (Fsp3) is 0.385. The highest BCUT2D eigenvalue weighted by molar-refractivity contribution is 7.99. The molecule has 1 saturated heterocycles. The molecule has 0 saturated carbocycles. The molecule has 1 amide bonds. The van der Waals surface area contributed by atoms with E-state index in [0.29, 0.717) is 5.75 Å². The Morgan fingerprint density at radius 1 is 1.16 bits per heavy atom. The summed E-state index contributed by atoms with van der Waals surface area (Å²) >= 11 is 1.50. The van der Waals surface area contributed by atoms with Crippen molar-refractivity contribution in [2.75, 3.05) is 12.4 Å². The average Bonchev–Trinajstić information content (AvgIpc) is 3.42. The summed E-state index contributed by atoms with van der Waals surface area (Å²) in [6.45, 7) is 5.76. The van der Waals surface area contributed by atoms with Crippen LogP contribution < -0.4 is 5.32 Å². The lowest BCUT2D eigenvalue weighted by atomic mass is 9.99. The zero-order valence-electron chi connectivity index (χ0n) is 18.8. The van der Waals surface area contributed by atoms with Crippen molar-refractivity contribution >= 4 is 17.7 Å². The zero-order chi connectivity index (χ0) is 22.3. The summed E-state index contributed by atoms with van der Waals surface area (Å²) < 4.78 is 8.03. The van der Waals surface area contributed by atoms with Crippen molar-refractivity contribution in [3.8, 4) is 0 Å². The predicted molar refractivity (Wildman–Crippen MR) is 129 cm³/mol. The third kappa shape index (κ3) is 5.81. The van der Waals surface area contributed by atoms with Gasteiger partial charge >= 0.3 is 0 Å². The number of aromatic nitrogens is 2. The van der Waals surface area contributed by atoms with Crippen molar-refractivity contribution in [1.29, 1.82) is 0 Å². The van der Waals surface area contributed by atoms with Crippen LogP contribution in [0.25, 0.3) is 0 Å². The minimum Gasteiger partial charge on any atom is -0.376 e. The summed E-state index contributed by atoms with van der Waals surface area (Å²) in [5.74, 6) is 0.348. The van der Waals surface area contributed by atoms with E-state index < -0.39 is 0 Å². The van der Waals surface area contributed by atoms with Gasteiger partial charge in [0.15, 0.2) is 5.16 Å². The Kier molecular flexibility index (Phi) is 7.66. The number of benzene rings is 2. The second kappa shape index (κ2) is 10.8. The number of carbonyl (C=O) groups excluding carboxylic acids is 1. The number of rotatable bonds is 9. The van der Waals surface area contributed by atoms with E-state index in [1.807, 2.05) is 43.3 Å². The maximum atomic E-state index is 12.9. The molecule has 1 aromatic heterocycles. The van der Waals surface area contributed by atoms with Gasteiger partial charge in [-0.3, -0.25) is 4.79 Å². The Morgan fingerprint density at radius 3 is 2.56 bits per heavy atom. The van der Waals surface area contributed by atoms with Crippen LogP contribution in [0.5, 0.6) is 0 Å². The van der Waals surface area contributed by atoms with Gasteiger partial charge in [0.1, 0.15) is 0 Å². The number of hydrogen-bond acceptors (Lipinski definition) is 4. The highest BCUT2D eigenvalue weighted by atomic mass is 32.2. The summed E-state index contributed by atoms with van der Waals surface area (Å²) in [5.41, 5.74) is 4.47. The topological polar surface area (TPSA) is 56.2 Å². The van der Waals surface area contributed by atoms with Crippen molar-refractivity contribution in [2.45, 2.75) is 57.0 Å². The molecule has 1 aliphatic heterocycles. The molecular weight excluding hydrogens is 418 g/mol. The lowest BCUT2D eigenvalue weighted by molar-refractivity contribution is -0.119. The Balaban J connectivity index is 1.42. The fourth-order valence-electron chi connectivity index (χ4n) is 4.09. The van der Waals surface area contributed by atoms with Crippen molar-refractivity contribution in [3.05, 3.63) is 83.2 Å². The summed E-state index contributed by atoms with van der Waals surface area (Å²) in [5, 5.41) is 4.14. The van der Waals surface area contributed by atoms with E-state index in [1.54, 1.807) is 0 Å². The molecule has 0 bridgehead atoms. The molecule has 32 heavy (non-hydrogen) atoms. The molecule has 3 aromatic rings. The molecule has 2 aromatic carbocycles. The number of amides is 1. The normalized spacial score (nSPS) is 16.8. The molecule has 168 valence electrons. The minimum absolute atomic E-state index is 0.0155. The Labute approximate surface area is 194 Å². The van der Waals surface area contributed by atoms with Gasteiger partial charge in [0.2, 0.25) is 5.91 Å². The largest absolute Gasteiger partial charge is 0.376 e. The van der Waals surface area contributed by atoms with Crippen molar-refractivity contribution < 1.29 is 9.53 Å². The van der Waals surface area contributed by atoms with E-state index in [-0.39, 0.29) is 18.1 Å². The number of carbonyl (C=O) groups is 1. The van der Waals surface area contributed by atoms with Crippen molar-refractivity contribution in [2.24, 2.45) is 0 Å². The molecule has 4 rings (SSSR count). The lowest BCUT2D eigenvalue weighted by Gasteiger charge is -2.20. The van der Waals surface area contributed by atoms with Gasteiger partial charge in [-0.2, -0.15) is 0 Å². The van der Waals surface area contributed by atoms with Gasteiger partial charge in [-0.25, -0.2) is 4.98 Å². The molecule has 2 heterocycles. The lowest BCUT2D eigenvalue weighted by Crippen LogP contribution is -2.31. The molecule has 1 fully saturated rings. The van der Waals surface area contributed by atoms with Crippen LogP contribution in [0, 0.1) is 13.8 Å². The number of thioether (sulfide) groups is 1. The number of nitrogens with one attached hydrogen (secondary N) is 1. The van der Waals surface area contributed by atoms with Crippen LogP contribution in [0.15, 0.2) is 65.8 Å². The first-order valence-corrected chi connectivity index (χ1v) is 12.2. The van der Waals surface area contributed by atoms with Crippen LogP contribution in [-0.4, -0.2) is 33.9 Å². The molecule has 1 aliphatic rings. The number of ether oxygens (including phenoxy) is 1. The van der Waals surface area contributed by atoms with Crippen molar-refractivity contribution in [1.82, 2.24) is 14.9 Å². The predicted octanol–water partition coefficient (Wildman–Crippen LogP) is 4.87. The molecule has 0 radical (unpaired) electrons. The molecule has 2 atom stereocenters. The van der Waals surface area contributed by atoms with Crippen LogP contribution in [0.2, 0.25) is 0 Å². The highest BCUT2D eigenvalue weighted by Crippen LogP contribution is 2.25. The van der Waals surface area contributed by atoms with Crippen LogP contribution in [0.1, 0.15) is 41.4 Å². The monoisotopic (exact) mass is 449 g/mol. The first-order valence-electron chi connectivity index (χ1n) is 11.3. The van der Waals surface area contributed by atoms with Crippen molar-refractivity contribution in [3.63, 3.8) is 0 Å². The van der Waals surface area contributed by atoms with Gasteiger partial charge in [-0.1, -0.05) is 72.4 Å². The Hall–Kier alpha value is -2.57. The average molecular weight is 450 g/mol. The summed E-state index contributed by atoms with van der Waals surface area (Å²) in [4.78, 5) is 17.7. The van der Waals surface area contributed by atoms with E-state index in [9.17, 15) is 4.79 Å². The summed E-state index contributed by atoms with van der Waals surface area (Å²) in [6.07, 6.45) is 3.20. The maximum absolute atomic E-state index is 12.9. The molecular formula is C26H31N3O2S.